The van der Waals surface area contributed by atoms with Gasteiger partial charge in [0.15, 0.2) is 0 Å². The lowest BCUT2D eigenvalue weighted by molar-refractivity contribution is -0.137. The van der Waals surface area contributed by atoms with E-state index in [1.54, 1.807) is 6.92 Å². The first-order chi connectivity index (χ1) is 6.84. The summed E-state index contributed by atoms with van der Waals surface area (Å²) in [5.41, 5.74) is 10.8. The molecular weight excluding hydrogens is 205 g/mol. The second kappa shape index (κ2) is 4.10. The summed E-state index contributed by atoms with van der Waals surface area (Å²) in [6.45, 7) is 1.81. The first-order valence-electron chi connectivity index (χ1n) is 4.58. The molecule has 0 aliphatic heterocycles. The Hall–Kier alpha value is -1.23. The number of alkyl halides is 3. The Kier molecular flexibility index (Phi) is 3.24. The van der Waals surface area contributed by atoms with Crippen molar-refractivity contribution in [2.45, 2.75) is 25.6 Å². The molecule has 1 atom stereocenters. The highest BCUT2D eigenvalue weighted by molar-refractivity contribution is 5.46. The van der Waals surface area contributed by atoms with Crippen molar-refractivity contribution in [3.63, 3.8) is 0 Å². The number of benzene rings is 1. The molecule has 0 spiro atoms. The molecule has 0 aliphatic rings. The first kappa shape index (κ1) is 11.8. The van der Waals surface area contributed by atoms with Gasteiger partial charge in [-0.2, -0.15) is 13.2 Å². The van der Waals surface area contributed by atoms with Crippen LogP contribution < -0.4 is 11.5 Å². The van der Waals surface area contributed by atoms with Crippen LogP contribution >= 0.6 is 0 Å². The lowest BCUT2D eigenvalue weighted by Crippen LogP contribution is -2.12. The molecule has 0 saturated heterocycles. The van der Waals surface area contributed by atoms with Crippen molar-refractivity contribution in [3.05, 3.63) is 29.3 Å². The SMILES string of the molecule is CC[C@@H](N)c1cc(N)cc(C(F)(F)F)c1. The number of rotatable bonds is 2. The average molecular weight is 218 g/mol. The predicted molar refractivity (Wildman–Crippen MR) is 53.1 cm³/mol. The lowest BCUT2D eigenvalue weighted by Gasteiger charge is -2.14. The highest BCUT2D eigenvalue weighted by atomic mass is 19.4. The maximum atomic E-state index is 12.4. The zero-order valence-corrected chi connectivity index (χ0v) is 8.31. The van der Waals surface area contributed by atoms with Crippen LogP contribution in [-0.4, -0.2) is 0 Å². The topological polar surface area (TPSA) is 52.0 Å². The van der Waals surface area contributed by atoms with Crippen molar-refractivity contribution >= 4 is 5.69 Å². The van der Waals surface area contributed by atoms with Crippen LogP contribution in [-0.2, 0) is 6.18 Å². The molecule has 0 aliphatic carbocycles. The molecule has 2 nitrogen and oxygen atoms in total. The molecule has 5 heteroatoms. The lowest BCUT2D eigenvalue weighted by atomic mass is 10.0. The van der Waals surface area contributed by atoms with E-state index in [4.69, 9.17) is 11.5 Å². The molecule has 84 valence electrons. The summed E-state index contributed by atoms with van der Waals surface area (Å²) in [4.78, 5) is 0. The average Bonchev–Trinajstić information content (AvgIpc) is 2.14. The van der Waals surface area contributed by atoms with Crippen molar-refractivity contribution in [2.24, 2.45) is 5.73 Å². The Labute approximate surface area is 86.1 Å². The van der Waals surface area contributed by atoms with Crippen molar-refractivity contribution < 1.29 is 13.2 Å². The van der Waals surface area contributed by atoms with Gasteiger partial charge in [-0.1, -0.05) is 6.92 Å². The van der Waals surface area contributed by atoms with Crippen LogP contribution in [0.3, 0.4) is 0 Å². The van der Waals surface area contributed by atoms with Crippen LogP contribution in [0, 0.1) is 0 Å². The van der Waals surface area contributed by atoms with E-state index in [1.807, 2.05) is 0 Å². The molecule has 0 fully saturated rings. The molecule has 1 aromatic rings. The molecule has 0 radical (unpaired) electrons. The van der Waals surface area contributed by atoms with Crippen LogP contribution in [0.2, 0.25) is 0 Å². The van der Waals surface area contributed by atoms with E-state index in [0.717, 1.165) is 12.1 Å². The third-order valence-electron chi connectivity index (χ3n) is 2.17. The van der Waals surface area contributed by atoms with Gasteiger partial charge in [-0.3, -0.25) is 0 Å². The Morgan fingerprint density at radius 2 is 1.87 bits per heavy atom. The number of nitrogens with two attached hydrogens (primary N) is 2. The van der Waals surface area contributed by atoms with Crippen LogP contribution in [0.15, 0.2) is 18.2 Å². The van der Waals surface area contributed by atoms with Crippen LogP contribution in [0.5, 0.6) is 0 Å². The third-order valence-corrected chi connectivity index (χ3v) is 2.17. The van der Waals surface area contributed by atoms with Gasteiger partial charge in [-0.25, -0.2) is 0 Å². The van der Waals surface area contributed by atoms with Crippen molar-refractivity contribution in [1.29, 1.82) is 0 Å². The second-order valence-corrected chi connectivity index (χ2v) is 3.40. The van der Waals surface area contributed by atoms with Gasteiger partial charge >= 0.3 is 6.18 Å². The number of hydrogen-bond donors (Lipinski definition) is 2. The summed E-state index contributed by atoms with van der Waals surface area (Å²) in [6.07, 6.45) is -3.81. The molecule has 0 saturated carbocycles. The summed E-state index contributed by atoms with van der Waals surface area (Å²) in [5, 5.41) is 0. The minimum atomic E-state index is -4.38. The van der Waals surface area contributed by atoms with Gasteiger partial charge in [0, 0.05) is 11.7 Å². The summed E-state index contributed by atoms with van der Waals surface area (Å²) in [5.74, 6) is 0. The van der Waals surface area contributed by atoms with E-state index >= 15 is 0 Å². The second-order valence-electron chi connectivity index (χ2n) is 3.40. The molecule has 0 heterocycles. The zero-order valence-electron chi connectivity index (χ0n) is 8.31. The maximum Gasteiger partial charge on any atom is 0.416 e. The van der Waals surface area contributed by atoms with Gasteiger partial charge < -0.3 is 11.5 Å². The number of halogens is 3. The monoisotopic (exact) mass is 218 g/mol. The van der Waals surface area contributed by atoms with E-state index in [1.165, 1.54) is 6.07 Å². The van der Waals surface area contributed by atoms with Gasteiger partial charge in [0.25, 0.3) is 0 Å². The highest BCUT2D eigenvalue weighted by Gasteiger charge is 2.31. The van der Waals surface area contributed by atoms with E-state index in [-0.39, 0.29) is 5.69 Å². The molecule has 15 heavy (non-hydrogen) atoms. The number of nitrogen functional groups attached to an aromatic ring is 1. The smallest absolute Gasteiger partial charge is 0.399 e. The van der Waals surface area contributed by atoms with Crippen molar-refractivity contribution in [2.75, 3.05) is 5.73 Å². The molecule has 0 unspecified atom stereocenters. The summed E-state index contributed by atoms with van der Waals surface area (Å²) in [7, 11) is 0. The number of hydrogen-bond acceptors (Lipinski definition) is 2. The van der Waals surface area contributed by atoms with Crippen LogP contribution in [0.25, 0.3) is 0 Å². The van der Waals surface area contributed by atoms with Crippen LogP contribution in [0.4, 0.5) is 18.9 Å². The van der Waals surface area contributed by atoms with Crippen molar-refractivity contribution in [1.82, 2.24) is 0 Å². The minimum absolute atomic E-state index is 0.0868. The zero-order chi connectivity index (χ0) is 11.6. The minimum Gasteiger partial charge on any atom is -0.399 e. The Bertz CT molecular complexity index is 347. The Morgan fingerprint density at radius 3 is 2.33 bits per heavy atom. The molecule has 1 rings (SSSR count). The normalized spacial score (nSPS) is 13.9. The van der Waals surface area contributed by atoms with Gasteiger partial charge in [-0.05, 0) is 30.2 Å². The molecule has 4 N–H and O–H groups in total. The maximum absolute atomic E-state index is 12.4. The van der Waals surface area contributed by atoms with Gasteiger partial charge in [0.1, 0.15) is 0 Å². The molecule has 1 aromatic carbocycles. The van der Waals surface area contributed by atoms with Crippen molar-refractivity contribution in [3.8, 4) is 0 Å². The largest absolute Gasteiger partial charge is 0.416 e. The summed E-state index contributed by atoms with van der Waals surface area (Å²) >= 11 is 0. The van der Waals surface area contributed by atoms with Gasteiger partial charge in [0.2, 0.25) is 0 Å². The predicted octanol–water partition coefficient (Wildman–Crippen LogP) is 2.70. The van der Waals surface area contributed by atoms with Crippen LogP contribution in [0.1, 0.15) is 30.5 Å². The quantitative estimate of drug-likeness (QED) is 0.750. The molecule has 0 bridgehead atoms. The Balaban J connectivity index is 3.17. The number of anilines is 1. The fourth-order valence-corrected chi connectivity index (χ4v) is 1.29. The first-order valence-corrected chi connectivity index (χ1v) is 4.58. The van der Waals surface area contributed by atoms with Gasteiger partial charge in [0.05, 0.1) is 5.56 Å². The van der Waals surface area contributed by atoms with E-state index in [9.17, 15) is 13.2 Å². The summed E-state index contributed by atoms with van der Waals surface area (Å²) in [6, 6.07) is 3.02. The molecular formula is C10H13F3N2. The van der Waals surface area contributed by atoms with E-state index < -0.39 is 17.8 Å². The fourth-order valence-electron chi connectivity index (χ4n) is 1.29. The molecule has 0 aromatic heterocycles. The standard InChI is InChI=1S/C10H13F3N2/c1-2-9(15)6-3-7(10(11,12)13)5-8(14)4-6/h3-5,9H,2,14-15H2,1H3/t9-/m1/s1. The van der Waals surface area contributed by atoms with Gasteiger partial charge in [-0.15, -0.1) is 0 Å². The summed E-state index contributed by atoms with van der Waals surface area (Å²) < 4.78 is 37.3. The Morgan fingerprint density at radius 1 is 1.27 bits per heavy atom. The van der Waals surface area contributed by atoms with E-state index in [2.05, 4.69) is 0 Å². The van der Waals surface area contributed by atoms with E-state index in [0.29, 0.717) is 12.0 Å². The third kappa shape index (κ3) is 2.86. The fraction of sp³-hybridized carbons (Fsp3) is 0.400. The highest BCUT2D eigenvalue weighted by Crippen LogP contribution is 2.32. The molecule has 0 amide bonds.